The molecule has 1 aliphatic heterocycles. The zero-order valence-electron chi connectivity index (χ0n) is 9.59. The number of nitrogens with zero attached hydrogens (tertiary/aromatic N) is 1. The Morgan fingerprint density at radius 3 is 2.88 bits per heavy atom. The van der Waals surface area contributed by atoms with E-state index in [9.17, 15) is 4.79 Å². The summed E-state index contributed by atoms with van der Waals surface area (Å²) in [6.07, 6.45) is 3.94. The maximum Gasteiger partial charge on any atom is 0.222 e. The summed E-state index contributed by atoms with van der Waals surface area (Å²) in [5.74, 6) is 0.251. The molecule has 17 heavy (non-hydrogen) atoms. The number of amides is 1. The molecule has 0 atom stereocenters. The molecule has 1 fully saturated rings. The summed E-state index contributed by atoms with van der Waals surface area (Å²) in [6.45, 7) is 1.48. The zero-order valence-corrected chi connectivity index (χ0v) is 11.9. The van der Waals surface area contributed by atoms with Crippen LogP contribution in [0.3, 0.4) is 0 Å². The number of benzene rings is 1. The first-order chi connectivity index (χ1) is 8.16. The lowest BCUT2D eigenvalue weighted by atomic mass is 10.2. The zero-order chi connectivity index (χ0) is 12.3. The third kappa shape index (κ3) is 3.46. The van der Waals surface area contributed by atoms with E-state index in [0.717, 1.165) is 40.9 Å². The van der Waals surface area contributed by atoms with Crippen molar-refractivity contribution in [3.63, 3.8) is 0 Å². The molecule has 1 amide bonds. The smallest absolute Gasteiger partial charge is 0.222 e. The van der Waals surface area contributed by atoms with Crippen molar-refractivity contribution in [3.8, 4) is 0 Å². The van der Waals surface area contributed by atoms with Gasteiger partial charge in [0.1, 0.15) is 0 Å². The third-order valence-electron chi connectivity index (χ3n) is 3.05. The average Bonchev–Trinajstić information content (AvgIpc) is 2.48. The van der Waals surface area contributed by atoms with E-state index >= 15 is 0 Å². The first kappa shape index (κ1) is 12.9. The van der Waals surface area contributed by atoms with Gasteiger partial charge in [0.2, 0.25) is 5.91 Å². The normalized spacial score (nSPS) is 17.1. The summed E-state index contributed by atoms with van der Waals surface area (Å²) >= 11 is 9.55. The van der Waals surface area contributed by atoms with Crippen LogP contribution in [0.25, 0.3) is 0 Å². The van der Waals surface area contributed by atoms with Crippen LogP contribution < -0.4 is 0 Å². The lowest BCUT2D eigenvalue weighted by molar-refractivity contribution is -0.131. The highest BCUT2D eigenvalue weighted by molar-refractivity contribution is 9.10. The minimum atomic E-state index is 0.251. The van der Waals surface area contributed by atoms with Gasteiger partial charge in [-0.15, -0.1) is 0 Å². The summed E-state index contributed by atoms with van der Waals surface area (Å²) in [6, 6.07) is 5.81. The van der Waals surface area contributed by atoms with Gasteiger partial charge in [-0.3, -0.25) is 4.79 Å². The molecule has 1 aromatic carbocycles. The molecular weight excluding hydrogens is 302 g/mol. The number of hydrogen-bond donors (Lipinski definition) is 0. The van der Waals surface area contributed by atoms with E-state index in [1.54, 1.807) is 0 Å². The molecule has 2 rings (SSSR count). The molecule has 0 spiro atoms. The van der Waals surface area contributed by atoms with Gasteiger partial charge in [-0.2, -0.15) is 0 Å². The highest BCUT2D eigenvalue weighted by atomic mass is 79.9. The lowest BCUT2D eigenvalue weighted by Gasteiger charge is -2.21. The molecule has 1 saturated heterocycles. The number of carbonyl (C=O) groups is 1. The van der Waals surface area contributed by atoms with Crippen molar-refractivity contribution >= 4 is 33.4 Å². The molecule has 0 unspecified atom stereocenters. The molecule has 0 radical (unpaired) electrons. The van der Waals surface area contributed by atoms with Crippen molar-refractivity contribution in [3.05, 3.63) is 33.3 Å². The summed E-state index contributed by atoms with van der Waals surface area (Å²) < 4.78 is 0.966. The maximum atomic E-state index is 11.9. The van der Waals surface area contributed by atoms with Gasteiger partial charge in [0.05, 0.1) is 0 Å². The minimum absolute atomic E-state index is 0.251. The molecule has 1 aliphatic rings. The van der Waals surface area contributed by atoms with Crippen LogP contribution in [-0.4, -0.2) is 17.4 Å². The SMILES string of the molecule is O=C1CCCCCN1Cc1ccc(Br)cc1Cl. The van der Waals surface area contributed by atoms with Crippen LogP contribution in [0, 0.1) is 0 Å². The van der Waals surface area contributed by atoms with E-state index in [2.05, 4.69) is 15.9 Å². The Morgan fingerprint density at radius 2 is 2.12 bits per heavy atom. The summed E-state index contributed by atoms with van der Waals surface area (Å²) in [7, 11) is 0. The van der Waals surface area contributed by atoms with Crippen LogP contribution in [0.5, 0.6) is 0 Å². The van der Waals surface area contributed by atoms with Crippen LogP contribution in [0.4, 0.5) is 0 Å². The second-order valence-electron chi connectivity index (χ2n) is 4.36. The van der Waals surface area contributed by atoms with Gasteiger partial charge >= 0.3 is 0 Å². The van der Waals surface area contributed by atoms with Gasteiger partial charge in [-0.1, -0.05) is 40.0 Å². The van der Waals surface area contributed by atoms with Crippen molar-refractivity contribution in [2.24, 2.45) is 0 Å². The first-order valence-electron chi connectivity index (χ1n) is 5.88. The fourth-order valence-electron chi connectivity index (χ4n) is 2.06. The van der Waals surface area contributed by atoms with Crippen LogP contribution >= 0.6 is 27.5 Å². The maximum absolute atomic E-state index is 11.9. The summed E-state index contributed by atoms with van der Waals surface area (Å²) in [4.78, 5) is 13.8. The molecule has 0 saturated carbocycles. The highest BCUT2D eigenvalue weighted by Crippen LogP contribution is 2.23. The van der Waals surface area contributed by atoms with Crippen LogP contribution in [-0.2, 0) is 11.3 Å². The Hall–Kier alpha value is -0.540. The van der Waals surface area contributed by atoms with Crippen LogP contribution in [0.2, 0.25) is 5.02 Å². The number of likely N-dealkylation sites (tertiary alicyclic amines) is 1. The number of halogens is 2. The third-order valence-corrected chi connectivity index (χ3v) is 3.89. The van der Waals surface area contributed by atoms with Gasteiger partial charge in [0.25, 0.3) is 0 Å². The number of carbonyl (C=O) groups excluding carboxylic acids is 1. The van der Waals surface area contributed by atoms with Crippen LogP contribution in [0.15, 0.2) is 22.7 Å². The Bertz CT molecular complexity index is 422. The topological polar surface area (TPSA) is 20.3 Å². The second kappa shape index (κ2) is 5.87. The fraction of sp³-hybridized carbons (Fsp3) is 0.462. The Balaban J connectivity index is 2.10. The van der Waals surface area contributed by atoms with Gasteiger partial charge in [0, 0.05) is 29.0 Å². The molecule has 0 aromatic heterocycles. The van der Waals surface area contributed by atoms with Crippen molar-refractivity contribution in [2.75, 3.05) is 6.54 Å². The molecule has 2 nitrogen and oxygen atoms in total. The van der Waals surface area contributed by atoms with Gasteiger partial charge in [0.15, 0.2) is 0 Å². The van der Waals surface area contributed by atoms with Crippen molar-refractivity contribution < 1.29 is 4.79 Å². The predicted octanol–water partition coefficient (Wildman–Crippen LogP) is 4.01. The van der Waals surface area contributed by atoms with E-state index < -0.39 is 0 Å². The molecule has 1 aromatic rings. The first-order valence-corrected chi connectivity index (χ1v) is 7.05. The Kier molecular flexibility index (Phi) is 4.46. The molecule has 0 aliphatic carbocycles. The fourth-order valence-corrected chi connectivity index (χ4v) is 2.79. The summed E-state index contributed by atoms with van der Waals surface area (Å²) in [5.41, 5.74) is 1.02. The van der Waals surface area contributed by atoms with E-state index in [0.29, 0.717) is 13.0 Å². The van der Waals surface area contributed by atoms with Gasteiger partial charge in [-0.05, 0) is 30.5 Å². The monoisotopic (exact) mass is 315 g/mol. The van der Waals surface area contributed by atoms with E-state index in [1.807, 2.05) is 23.1 Å². The number of rotatable bonds is 2. The largest absolute Gasteiger partial charge is 0.338 e. The standard InChI is InChI=1S/C13H15BrClNO/c14-11-6-5-10(12(15)8-11)9-16-7-3-1-2-4-13(16)17/h5-6,8H,1-4,7,9H2. The van der Waals surface area contributed by atoms with Crippen molar-refractivity contribution in [1.82, 2.24) is 4.90 Å². The van der Waals surface area contributed by atoms with Crippen LogP contribution in [0.1, 0.15) is 31.2 Å². The second-order valence-corrected chi connectivity index (χ2v) is 5.68. The van der Waals surface area contributed by atoms with Crippen molar-refractivity contribution in [2.45, 2.75) is 32.2 Å². The predicted molar refractivity (Wildman–Crippen MR) is 73.0 cm³/mol. The van der Waals surface area contributed by atoms with E-state index in [-0.39, 0.29) is 5.91 Å². The molecule has 92 valence electrons. The number of hydrogen-bond acceptors (Lipinski definition) is 1. The quantitative estimate of drug-likeness (QED) is 0.807. The average molecular weight is 317 g/mol. The molecule has 1 heterocycles. The Morgan fingerprint density at radius 1 is 1.29 bits per heavy atom. The van der Waals surface area contributed by atoms with Gasteiger partial charge < -0.3 is 4.90 Å². The molecular formula is C13H15BrClNO. The minimum Gasteiger partial charge on any atom is -0.338 e. The molecule has 0 bridgehead atoms. The van der Waals surface area contributed by atoms with Gasteiger partial charge in [-0.25, -0.2) is 0 Å². The molecule has 4 heteroatoms. The lowest BCUT2D eigenvalue weighted by Crippen LogP contribution is -2.29. The Labute approximate surface area is 115 Å². The van der Waals surface area contributed by atoms with E-state index in [1.165, 1.54) is 0 Å². The highest BCUT2D eigenvalue weighted by Gasteiger charge is 2.17. The van der Waals surface area contributed by atoms with E-state index in [4.69, 9.17) is 11.6 Å². The van der Waals surface area contributed by atoms with Crippen molar-refractivity contribution in [1.29, 1.82) is 0 Å². The molecule has 0 N–H and O–H groups in total. The summed E-state index contributed by atoms with van der Waals surface area (Å²) in [5, 5.41) is 0.719.